The predicted octanol–water partition coefficient (Wildman–Crippen LogP) is 5.72. The molecule has 28 heavy (non-hydrogen) atoms. The van der Waals surface area contributed by atoms with Crippen molar-refractivity contribution in [2.45, 2.75) is 71.8 Å². The summed E-state index contributed by atoms with van der Waals surface area (Å²) in [6.45, 7) is 6.04. The van der Waals surface area contributed by atoms with Crippen molar-refractivity contribution in [1.82, 2.24) is 4.98 Å². The molecule has 2 aromatic rings. The zero-order chi connectivity index (χ0) is 20.3. The van der Waals surface area contributed by atoms with Crippen LogP contribution in [0, 0.1) is 11.3 Å². The number of carbonyl (C=O) groups excluding carboxylic acids is 1. The Morgan fingerprint density at radius 2 is 1.86 bits per heavy atom. The molecule has 1 fully saturated rings. The highest BCUT2D eigenvalue weighted by atomic mass is 32.1. The molecule has 6 heteroatoms. The average Bonchev–Trinajstić information content (AvgIpc) is 3.33. The molecule has 1 N–H and O–H groups in total. The van der Waals surface area contributed by atoms with E-state index in [1.807, 2.05) is 39.0 Å². The monoisotopic (exact) mass is 403 g/mol. The minimum Gasteiger partial charge on any atom is -0.481 e. The van der Waals surface area contributed by atoms with Crippen molar-refractivity contribution in [1.29, 1.82) is 0 Å². The molecule has 1 aliphatic carbocycles. The van der Waals surface area contributed by atoms with E-state index in [1.165, 1.54) is 11.3 Å². The fourth-order valence-corrected chi connectivity index (χ4v) is 5.29. The van der Waals surface area contributed by atoms with Crippen LogP contribution in [0.5, 0.6) is 5.19 Å². The number of aromatic nitrogens is 1. The molecule has 0 amide bonds. The van der Waals surface area contributed by atoms with Gasteiger partial charge in [-0.05, 0) is 50.3 Å². The molecule has 0 aliphatic heterocycles. The number of hydrogen-bond acceptors (Lipinski definition) is 5. The van der Waals surface area contributed by atoms with E-state index < -0.39 is 17.5 Å². The lowest BCUT2D eigenvalue weighted by Crippen LogP contribution is -2.43. The van der Waals surface area contributed by atoms with Crippen LogP contribution < -0.4 is 4.74 Å². The Hall–Kier alpha value is -1.95. The number of carboxylic acids is 1. The molecule has 1 saturated carbocycles. The van der Waals surface area contributed by atoms with Crippen molar-refractivity contribution in [3.63, 3.8) is 0 Å². The number of hydrogen-bond donors (Lipinski definition) is 1. The van der Waals surface area contributed by atoms with Crippen LogP contribution in [0.2, 0.25) is 0 Å². The Morgan fingerprint density at radius 1 is 1.18 bits per heavy atom. The van der Waals surface area contributed by atoms with Crippen LogP contribution in [0.15, 0.2) is 18.2 Å². The van der Waals surface area contributed by atoms with Gasteiger partial charge >= 0.3 is 5.97 Å². The number of fused-ring (bicyclic) bond motifs is 1. The Kier molecular flexibility index (Phi) is 6.38. The van der Waals surface area contributed by atoms with Gasteiger partial charge in [0.2, 0.25) is 0 Å². The summed E-state index contributed by atoms with van der Waals surface area (Å²) in [4.78, 5) is 29.2. The topological polar surface area (TPSA) is 76.5 Å². The summed E-state index contributed by atoms with van der Waals surface area (Å²) in [5.74, 6) is -0.552. The van der Waals surface area contributed by atoms with Gasteiger partial charge < -0.3 is 9.84 Å². The van der Waals surface area contributed by atoms with Gasteiger partial charge in [0.1, 0.15) is 11.5 Å². The highest BCUT2D eigenvalue weighted by Gasteiger charge is 2.49. The largest absolute Gasteiger partial charge is 0.481 e. The second-order valence-corrected chi connectivity index (χ2v) is 8.72. The first-order valence-corrected chi connectivity index (χ1v) is 11.1. The van der Waals surface area contributed by atoms with Crippen molar-refractivity contribution < 1.29 is 19.4 Å². The van der Waals surface area contributed by atoms with Crippen molar-refractivity contribution in [3.8, 4) is 5.19 Å². The summed E-state index contributed by atoms with van der Waals surface area (Å²) in [6.07, 6.45) is 5.06. The number of ketones is 1. The number of carboxylic acid groups (broad SMARTS) is 1. The van der Waals surface area contributed by atoms with Crippen LogP contribution in [0.3, 0.4) is 0 Å². The first-order chi connectivity index (χ1) is 13.4. The molecule has 1 heterocycles. The molecule has 0 spiro atoms. The van der Waals surface area contributed by atoms with E-state index in [-0.39, 0.29) is 11.7 Å². The van der Waals surface area contributed by atoms with Crippen LogP contribution in [-0.2, 0) is 4.79 Å². The van der Waals surface area contributed by atoms with Crippen molar-refractivity contribution in [2.24, 2.45) is 11.3 Å². The van der Waals surface area contributed by atoms with E-state index in [9.17, 15) is 14.7 Å². The van der Waals surface area contributed by atoms with Crippen molar-refractivity contribution in [2.75, 3.05) is 0 Å². The third kappa shape index (κ3) is 3.79. The summed E-state index contributed by atoms with van der Waals surface area (Å²) in [6, 6.07) is 5.58. The quantitative estimate of drug-likeness (QED) is 0.542. The maximum atomic E-state index is 12.7. The lowest BCUT2D eigenvalue weighted by Gasteiger charge is -2.32. The maximum absolute atomic E-state index is 12.7. The molecule has 152 valence electrons. The van der Waals surface area contributed by atoms with E-state index >= 15 is 0 Å². The highest BCUT2D eigenvalue weighted by molar-refractivity contribution is 7.20. The van der Waals surface area contributed by atoms with Crippen LogP contribution in [0.4, 0.5) is 0 Å². The van der Waals surface area contributed by atoms with Crippen LogP contribution in [0.25, 0.3) is 10.2 Å². The van der Waals surface area contributed by atoms with E-state index in [2.05, 4.69) is 4.98 Å². The molecule has 1 aromatic carbocycles. The van der Waals surface area contributed by atoms with Gasteiger partial charge in [-0.25, -0.2) is 4.98 Å². The van der Waals surface area contributed by atoms with Crippen LogP contribution in [-0.4, -0.2) is 27.9 Å². The Morgan fingerprint density at radius 3 is 2.43 bits per heavy atom. The summed E-state index contributed by atoms with van der Waals surface area (Å²) in [7, 11) is 0. The third-order valence-corrected chi connectivity index (χ3v) is 7.07. The number of aliphatic carboxylic acids is 1. The number of ether oxygens (including phenoxy) is 1. The molecule has 1 atom stereocenters. The summed E-state index contributed by atoms with van der Waals surface area (Å²) in [5.41, 5.74) is 0.677. The molecule has 0 bridgehead atoms. The van der Waals surface area contributed by atoms with Gasteiger partial charge in [-0.1, -0.05) is 44.9 Å². The number of Topliss-reactive ketones (excluding diaryl/α,β-unsaturated/α-hetero) is 1. The molecule has 1 aliphatic rings. The van der Waals surface area contributed by atoms with E-state index in [0.717, 1.165) is 35.9 Å². The zero-order valence-electron chi connectivity index (χ0n) is 16.9. The van der Waals surface area contributed by atoms with Gasteiger partial charge in [0.05, 0.1) is 10.2 Å². The van der Waals surface area contributed by atoms with Gasteiger partial charge in [0.25, 0.3) is 5.19 Å². The number of thiazole rings is 1. The smallest absolute Gasteiger partial charge is 0.313 e. The van der Waals surface area contributed by atoms with Gasteiger partial charge in [0, 0.05) is 11.5 Å². The normalized spacial score (nSPS) is 17.1. The van der Waals surface area contributed by atoms with E-state index in [1.54, 1.807) is 0 Å². The molecule has 0 radical (unpaired) electrons. The number of nitrogens with zero attached hydrogens (tertiary/aromatic N) is 1. The maximum Gasteiger partial charge on any atom is 0.313 e. The zero-order valence-corrected chi connectivity index (χ0v) is 17.7. The number of rotatable bonds is 9. The first kappa shape index (κ1) is 20.8. The van der Waals surface area contributed by atoms with Gasteiger partial charge in [-0.2, -0.15) is 0 Å². The van der Waals surface area contributed by atoms with Crippen molar-refractivity contribution >= 4 is 33.3 Å². The minimum atomic E-state index is -0.816. The fourth-order valence-electron chi connectivity index (χ4n) is 4.39. The molecule has 3 rings (SSSR count). The summed E-state index contributed by atoms with van der Waals surface area (Å²) < 4.78 is 7.03. The molecular weight excluding hydrogens is 374 g/mol. The molecular formula is C22H29NO4S. The Balaban J connectivity index is 1.86. The Labute approximate surface area is 170 Å². The SMILES string of the molecule is CCC(CC)C(=O)c1ccc2nc(OC(CC)C3(C(=O)O)CCCC3)sc2c1. The van der Waals surface area contributed by atoms with Crippen molar-refractivity contribution in [3.05, 3.63) is 23.8 Å². The van der Waals surface area contributed by atoms with Crippen LogP contribution >= 0.6 is 11.3 Å². The van der Waals surface area contributed by atoms with Gasteiger partial charge in [0.15, 0.2) is 5.78 Å². The lowest BCUT2D eigenvalue weighted by molar-refractivity contribution is -0.155. The third-order valence-electron chi connectivity index (χ3n) is 6.16. The second kappa shape index (κ2) is 8.60. The molecule has 0 saturated heterocycles. The predicted molar refractivity (Wildman–Crippen MR) is 111 cm³/mol. The molecule has 1 unspecified atom stereocenters. The lowest BCUT2D eigenvalue weighted by atomic mass is 9.79. The number of carbonyl (C=O) groups is 2. The summed E-state index contributed by atoms with van der Waals surface area (Å²) >= 11 is 1.39. The van der Waals surface area contributed by atoms with Gasteiger partial charge in [-0.3, -0.25) is 9.59 Å². The first-order valence-electron chi connectivity index (χ1n) is 10.3. The number of benzene rings is 1. The standard InChI is InChI=1S/C22H29NO4S/c1-4-14(5-2)19(24)15-9-10-16-17(13-15)28-21(23-16)27-18(6-3)22(20(25)26)11-7-8-12-22/h9-10,13-14,18H,4-8,11-12H2,1-3H3,(H,25,26). The fraction of sp³-hybridized carbons (Fsp3) is 0.591. The van der Waals surface area contributed by atoms with E-state index in [4.69, 9.17) is 4.74 Å². The minimum absolute atomic E-state index is 0.0448. The second-order valence-electron chi connectivity index (χ2n) is 7.72. The Bertz CT molecular complexity index is 849. The van der Waals surface area contributed by atoms with Crippen LogP contribution in [0.1, 0.15) is 76.1 Å². The van der Waals surface area contributed by atoms with Gasteiger partial charge in [-0.15, -0.1) is 0 Å². The van der Waals surface area contributed by atoms with E-state index in [0.29, 0.717) is 30.0 Å². The molecule has 5 nitrogen and oxygen atoms in total. The summed E-state index contributed by atoms with van der Waals surface area (Å²) in [5, 5.41) is 10.3. The highest BCUT2D eigenvalue weighted by Crippen LogP contribution is 2.44. The average molecular weight is 404 g/mol. The molecule has 1 aromatic heterocycles.